The summed E-state index contributed by atoms with van der Waals surface area (Å²) in [5.74, 6) is 0.136. The fraction of sp³-hybridized carbons (Fsp3) is 0. The molecule has 2 aromatic rings. The SMILES string of the molecule is Nc1ccccc1OS(=O)(=O)c1ccccc1. The summed E-state index contributed by atoms with van der Waals surface area (Å²) in [5.41, 5.74) is 5.90. The summed E-state index contributed by atoms with van der Waals surface area (Å²) in [7, 11) is -3.82. The minimum Gasteiger partial charge on any atom is -0.396 e. The van der Waals surface area contributed by atoms with Gasteiger partial charge in [-0.15, -0.1) is 0 Å². The van der Waals surface area contributed by atoms with E-state index < -0.39 is 10.1 Å². The van der Waals surface area contributed by atoms with Crippen molar-refractivity contribution in [1.82, 2.24) is 0 Å². The van der Waals surface area contributed by atoms with Crippen molar-refractivity contribution in [1.29, 1.82) is 0 Å². The molecule has 0 aromatic heterocycles. The molecule has 0 amide bonds. The highest BCUT2D eigenvalue weighted by atomic mass is 32.2. The molecule has 0 unspecified atom stereocenters. The maximum atomic E-state index is 11.9. The van der Waals surface area contributed by atoms with Gasteiger partial charge >= 0.3 is 10.1 Å². The summed E-state index contributed by atoms with van der Waals surface area (Å²) in [4.78, 5) is 0.100. The average Bonchev–Trinajstić information content (AvgIpc) is 2.33. The Kier molecular flexibility index (Phi) is 3.01. The van der Waals surface area contributed by atoms with E-state index in [1.807, 2.05) is 0 Å². The summed E-state index contributed by atoms with van der Waals surface area (Å²) in [5, 5.41) is 0. The molecule has 0 fully saturated rings. The Hall–Kier alpha value is -2.01. The molecule has 0 aliphatic carbocycles. The van der Waals surface area contributed by atoms with Gasteiger partial charge in [-0.2, -0.15) is 8.42 Å². The molecule has 0 heterocycles. The third kappa shape index (κ3) is 2.57. The summed E-state index contributed by atoms with van der Waals surface area (Å²) in [6.07, 6.45) is 0. The fourth-order valence-corrected chi connectivity index (χ4v) is 2.28. The average molecular weight is 249 g/mol. The van der Waals surface area contributed by atoms with Gasteiger partial charge in [0.1, 0.15) is 4.90 Å². The van der Waals surface area contributed by atoms with Crippen molar-refractivity contribution in [3.63, 3.8) is 0 Å². The quantitative estimate of drug-likeness (QED) is 0.667. The number of anilines is 1. The van der Waals surface area contributed by atoms with Gasteiger partial charge in [-0.05, 0) is 24.3 Å². The molecule has 17 heavy (non-hydrogen) atoms. The van der Waals surface area contributed by atoms with Gasteiger partial charge in [0.2, 0.25) is 0 Å². The highest BCUT2D eigenvalue weighted by Gasteiger charge is 2.16. The summed E-state index contributed by atoms with van der Waals surface area (Å²) < 4.78 is 28.7. The van der Waals surface area contributed by atoms with E-state index in [0.29, 0.717) is 0 Å². The van der Waals surface area contributed by atoms with E-state index in [0.717, 1.165) is 0 Å². The van der Waals surface area contributed by atoms with E-state index >= 15 is 0 Å². The van der Waals surface area contributed by atoms with Crippen LogP contribution in [0, 0.1) is 0 Å². The van der Waals surface area contributed by atoms with E-state index in [1.165, 1.54) is 18.2 Å². The van der Waals surface area contributed by atoms with E-state index in [1.54, 1.807) is 36.4 Å². The van der Waals surface area contributed by atoms with Gasteiger partial charge in [-0.25, -0.2) is 0 Å². The Morgan fingerprint density at radius 3 is 2.12 bits per heavy atom. The van der Waals surface area contributed by atoms with Crippen molar-refractivity contribution < 1.29 is 12.6 Å². The van der Waals surface area contributed by atoms with Crippen LogP contribution < -0.4 is 9.92 Å². The van der Waals surface area contributed by atoms with E-state index in [-0.39, 0.29) is 16.3 Å². The fourth-order valence-electron chi connectivity index (χ4n) is 1.31. The van der Waals surface area contributed by atoms with Crippen LogP contribution in [0.15, 0.2) is 59.5 Å². The normalized spacial score (nSPS) is 11.1. The van der Waals surface area contributed by atoms with Gasteiger partial charge in [0, 0.05) is 0 Å². The lowest BCUT2D eigenvalue weighted by molar-refractivity contribution is 0.487. The Morgan fingerprint density at radius 1 is 0.882 bits per heavy atom. The maximum Gasteiger partial charge on any atom is 0.339 e. The van der Waals surface area contributed by atoms with Crippen molar-refractivity contribution in [3.8, 4) is 5.75 Å². The molecule has 4 nitrogen and oxygen atoms in total. The first kappa shape index (κ1) is 11.5. The van der Waals surface area contributed by atoms with Crippen molar-refractivity contribution in [3.05, 3.63) is 54.6 Å². The lowest BCUT2D eigenvalue weighted by atomic mass is 10.3. The summed E-state index contributed by atoms with van der Waals surface area (Å²) in [6.45, 7) is 0. The van der Waals surface area contributed by atoms with Crippen molar-refractivity contribution in [2.75, 3.05) is 5.73 Å². The number of benzene rings is 2. The molecule has 2 aromatic carbocycles. The molecular formula is C12H11NO3S. The van der Waals surface area contributed by atoms with Gasteiger partial charge in [-0.3, -0.25) is 0 Å². The number of hydrogen-bond acceptors (Lipinski definition) is 4. The molecule has 0 spiro atoms. The van der Waals surface area contributed by atoms with Crippen LogP contribution >= 0.6 is 0 Å². The van der Waals surface area contributed by atoms with E-state index in [2.05, 4.69) is 0 Å². The largest absolute Gasteiger partial charge is 0.396 e. The number of para-hydroxylation sites is 2. The zero-order valence-corrected chi connectivity index (χ0v) is 9.72. The summed E-state index contributed by atoms with van der Waals surface area (Å²) >= 11 is 0. The first-order valence-corrected chi connectivity index (χ1v) is 6.34. The van der Waals surface area contributed by atoms with Crippen LogP contribution in [0.2, 0.25) is 0 Å². The highest BCUT2D eigenvalue weighted by molar-refractivity contribution is 7.87. The van der Waals surface area contributed by atoms with Crippen molar-refractivity contribution in [2.24, 2.45) is 0 Å². The lowest BCUT2D eigenvalue weighted by Gasteiger charge is -2.08. The van der Waals surface area contributed by atoms with Gasteiger partial charge < -0.3 is 9.92 Å². The molecule has 0 atom stereocenters. The predicted molar refractivity (Wildman–Crippen MR) is 65.1 cm³/mol. The Labute approximate surface area is 99.8 Å². The molecule has 5 heteroatoms. The predicted octanol–water partition coefficient (Wildman–Crippen LogP) is 2.04. The number of nitrogens with two attached hydrogens (primary N) is 1. The molecule has 0 aliphatic rings. The topological polar surface area (TPSA) is 69.4 Å². The number of rotatable bonds is 3. The number of nitrogen functional groups attached to an aromatic ring is 1. The van der Waals surface area contributed by atoms with Crippen molar-refractivity contribution in [2.45, 2.75) is 4.90 Å². The molecule has 0 aliphatic heterocycles. The molecule has 88 valence electrons. The molecular weight excluding hydrogens is 238 g/mol. The Balaban J connectivity index is 2.34. The summed E-state index contributed by atoms with van der Waals surface area (Å²) in [6, 6.07) is 14.4. The van der Waals surface area contributed by atoms with Crippen LogP contribution in [0.5, 0.6) is 5.75 Å². The van der Waals surface area contributed by atoms with E-state index in [9.17, 15) is 8.42 Å². The molecule has 2 N–H and O–H groups in total. The third-order valence-electron chi connectivity index (χ3n) is 2.15. The molecule has 0 saturated carbocycles. The Morgan fingerprint density at radius 2 is 1.47 bits per heavy atom. The standard InChI is InChI=1S/C12H11NO3S/c13-11-8-4-5-9-12(11)16-17(14,15)10-6-2-1-3-7-10/h1-9H,13H2. The minimum absolute atomic E-state index is 0.100. The second-order valence-electron chi connectivity index (χ2n) is 3.39. The van der Waals surface area contributed by atoms with Crippen LogP contribution in [-0.4, -0.2) is 8.42 Å². The zero-order valence-electron chi connectivity index (χ0n) is 8.91. The number of hydrogen-bond donors (Lipinski definition) is 1. The molecule has 2 rings (SSSR count). The van der Waals surface area contributed by atoms with Gasteiger partial charge in [0.25, 0.3) is 0 Å². The van der Waals surface area contributed by atoms with Gasteiger partial charge in [0.05, 0.1) is 5.69 Å². The van der Waals surface area contributed by atoms with Crippen LogP contribution in [-0.2, 0) is 10.1 Å². The third-order valence-corrected chi connectivity index (χ3v) is 3.40. The molecule has 0 bridgehead atoms. The van der Waals surface area contributed by atoms with E-state index in [4.69, 9.17) is 9.92 Å². The van der Waals surface area contributed by atoms with Gasteiger partial charge in [-0.1, -0.05) is 30.3 Å². The monoisotopic (exact) mass is 249 g/mol. The Bertz CT molecular complexity index is 609. The van der Waals surface area contributed by atoms with Crippen LogP contribution in [0.25, 0.3) is 0 Å². The lowest BCUT2D eigenvalue weighted by Crippen LogP contribution is -2.10. The molecule has 0 radical (unpaired) electrons. The van der Waals surface area contributed by atoms with Crippen LogP contribution in [0.4, 0.5) is 5.69 Å². The van der Waals surface area contributed by atoms with Gasteiger partial charge in [0.15, 0.2) is 5.75 Å². The van der Waals surface area contributed by atoms with Crippen LogP contribution in [0.1, 0.15) is 0 Å². The van der Waals surface area contributed by atoms with Crippen LogP contribution in [0.3, 0.4) is 0 Å². The maximum absolute atomic E-state index is 11.9. The smallest absolute Gasteiger partial charge is 0.339 e. The molecule has 0 saturated heterocycles. The van der Waals surface area contributed by atoms with Crippen molar-refractivity contribution >= 4 is 15.8 Å². The zero-order chi connectivity index (χ0) is 12.3. The second-order valence-corrected chi connectivity index (χ2v) is 4.93. The first-order valence-electron chi connectivity index (χ1n) is 4.93. The first-order chi connectivity index (χ1) is 8.09. The second kappa shape index (κ2) is 4.47. The minimum atomic E-state index is -3.82. The highest BCUT2D eigenvalue weighted by Crippen LogP contribution is 2.24.